The van der Waals surface area contributed by atoms with Crippen LogP contribution >= 0.6 is 19.2 Å². The van der Waals surface area contributed by atoms with Crippen LogP contribution in [0.4, 0.5) is 15.4 Å². The Hall–Kier alpha value is -2.79. The molecule has 49 heavy (non-hydrogen) atoms. The van der Waals surface area contributed by atoms with Gasteiger partial charge in [0, 0.05) is 12.5 Å². The van der Waals surface area contributed by atoms with Crippen LogP contribution in [0.1, 0.15) is 79.9 Å². The van der Waals surface area contributed by atoms with Crippen molar-refractivity contribution >= 4 is 48.5 Å². The molecular formula is C30H47ClN5O12P. The first-order valence-electron chi connectivity index (χ1n) is 16.1. The van der Waals surface area contributed by atoms with E-state index >= 15 is 0 Å². The first-order chi connectivity index (χ1) is 23.0. The van der Waals surface area contributed by atoms with Crippen LogP contribution in [0.3, 0.4) is 0 Å². The molecule has 1 aliphatic carbocycles. The zero-order valence-corrected chi connectivity index (χ0v) is 30.4. The predicted molar refractivity (Wildman–Crippen MR) is 175 cm³/mol. The Balaban J connectivity index is 1.33. The Kier molecular flexibility index (Phi) is 13.5. The van der Waals surface area contributed by atoms with E-state index in [0.717, 1.165) is 25.7 Å². The summed E-state index contributed by atoms with van der Waals surface area (Å²) in [5, 5.41) is 14.3. The molecule has 0 aromatic carbocycles. The number of anilines is 1. The predicted octanol–water partition coefficient (Wildman–Crippen LogP) is 6.00. The minimum atomic E-state index is -4.19. The van der Waals surface area contributed by atoms with Gasteiger partial charge >= 0.3 is 19.9 Å². The fourth-order valence-electron chi connectivity index (χ4n) is 4.88. The summed E-state index contributed by atoms with van der Waals surface area (Å²) in [4.78, 5) is 37.0. The maximum atomic E-state index is 13.5. The van der Waals surface area contributed by atoms with E-state index in [9.17, 15) is 19.3 Å². The largest absolute Gasteiger partial charge is 0.510 e. The van der Waals surface area contributed by atoms with Gasteiger partial charge in [0.2, 0.25) is 18.9 Å². The molecular weight excluding hydrogens is 689 g/mol. The topological polar surface area (TPSA) is 201 Å². The maximum absolute atomic E-state index is 13.5. The highest BCUT2D eigenvalue weighted by molar-refractivity contribution is 7.53. The molecule has 1 saturated carbocycles. The van der Waals surface area contributed by atoms with E-state index in [2.05, 4.69) is 20.3 Å². The Morgan fingerprint density at radius 1 is 1.00 bits per heavy atom. The number of rotatable bonds is 15. The summed E-state index contributed by atoms with van der Waals surface area (Å²) >= 11 is 6.25. The molecule has 2 fully saturated rings. The molecule has 3 atom stereocenters. The van der Waals surface area contributed by atoms with Crippen molar-refractivity contribution in [2.24, 2.45) is 10.8 Å². The summed E-state index contributed by atoms with van der Waals surface area (Å²) in [5.74, 6) is 0.515. The van der Waals surface area contributed by atoms with Crippen molar-refractivity contribution in [3.05, 3.63) is 11.6 Å². The first kappa shape index (κ1) is 39.0. The van der Waals surface area contributed by atoms with Crippen LogP contribution in [0, 0.1) is 10.8 Å². The fourth-order valence-corrected chi connectivity index (χ4v) is 6.02. The summed E-state index contributed by atoms with van der Waals surface area (Å²) in [5.41, 5.74) is 0.275. The molecule has 276 valence electrons. The highest BCUT2D eigenvalue weighted by atomic mass is 35.5. The van der Waals surface area contributed by atoms with Crippen molar-refractivity contribution in [3.63, 3.8) is 0 Å². The summed E-state index contributed by atoms with van der Waals surface area (Å²) in [6.45, 7) is 9.62. The van der Waals surface area contributed by atoms with Crippen molar-refractivity contribution in [3.8, 4) is 0 Å². The van der Waals surface area contributed by atoms with Crippen LogP contribution in [-0.2, 0) is 42.0 Å². The minimum absolute atomic E-state index is 0.0239. The number of aliphatic hydroxyl groups is 1. The first-order valence-corrected chi connectivity index (χ1v) is 18.2. The number of fused-ring (bicyclic) bond motifs is 1. The molecule has 4 rings (SSSR count). The summed E-state index contributed by atoms with van der Waals surface area (Å²) in [6.07, 6.45) is 0.769. The smallest absolute Gasteiger partial charge is 0.434 e. The summed E-state index contributed by atoms with van der Waals surface area (Å²) < 4.78 is 56.9. The highest BCUT2D eigenvalue weighted by Crippen LogP contribution is 2.48. The second kappa shape index (κ2) is 16.9. The van der Waals surface area contributed by atoms with Crippen LogP contribution in [0.5, 0.6) is 0 Å². The molecule has 3 heterocycles. The van der Waals surface area contributed by atoms with Crippen LogP contribution in [0.2, 0.25) is 5.28 Å². The summed E-state index contributed by atoms with van der Waals surface area (Å²) in [7, 11) is -4.19. The lowest BCUT2D eigenvalue weighted by molar-refractivity contribution is -0.0604. The Morgan fingerprint density at radius 2 is 1.59 bits per heavy atom. The standard InChI is InChI=1S/C30H47ClN5O12P/c1-29(2,3)13-42-27(38)44-16-46-49(40,47-17-45-28(39)43-14-30(4,5)6)18-41-12-20-11-21(37)25(48-20)36-15-32-22-23(33-19-9-7-8-10-19)34-26(31)35-24(22)36/h15,19-21,25,37H,7-14,16-18H2,1-6H3,(H,33,34,35)/t20-,21+,25+/m0/s1. The zero-order chi connectivity index (χ0) is 35.8. The van der Waals surface area contributed by atoms with Crippen molar-refractivity contribution in [1.29, 1.82) is 0 Å². The molecule has 2 aromatic heterocycles. The zero-order valence-electron chi connectivity index (χ0n) is 28.7. The number of halogens is 1. The monoisotopic (exact) mass is 735 g/mol. The molecule has 2 aromatic rings. The minimum Gasteiger partial charge on any atom is -0.434 e. The van der Waals surface area contributed by atoms with E-state index in [1.807, 2.05) is 41.5 Å². The summed E-state index contributed by atoms with van der Waals surface area (Å²) in [6, 6.07) is 0.265. The second-order valence-corrected chi connectivity index (χ2v) is 16.7. The van der Waals surface area contributed by atoms with Crippen molar-refractivity contribution in [2.75, 3.05) is 45.1 Å². The van der Waals surface area contributed by atoms with Crippen molar-refractivity contribution in [1.82, 2.24) is 19.5 Å². The van der Waals surface area contributed by atoms with Crippen LogP contribution < -0.4 is 5.32 Å². The van der Waals surface area contributed by atoms with E-state index < -0.39 is 58.3 Å². The lowest BCUT2D eigenvalue weighted by Gasteiger charge is -2.21. The van der Waals surface area contributed by atoms with Crippen LogP contribution in [0.25, 0.3) is 11.2 Å². The Morgan fingerprint density at radius 3 is 2.16 bits per heavy atom. The number of nitrogens with zero attached hydrogens (tertiary/aromatic N) is 4. The molecule has 0 radical (unpaired) electrons. The van der Waals surface area contributed by atoms with Crippen molar-refractivity contribution < 1.29 is 56.7 Å². The Labute approximate surface area is 290 Å². The molecule has 1 saturated heterocycles. The number of carbonyl (C=O) groups excluding carboxylic acids is 2. The van der Waals surface area contributed by atoms with Gasteiger partial charge in [0.05, 0.1) is 32.3 Å². The van der Waals surface area contributed by atoms with Gasteiger partial charge in [-0.25, -0.2) is 14.6 Å². The van der Waals surface area contributed by atoms with Gasteiger partial charge in [0.1, 0.15) is 12.5 Å². The van der Waals surface area contributed by atoms with E-state index in [1.54, 1.807) is 4.57 Å². The Bertz CT molecular complexity index is 1420. The molecule has 19 heteroatoms. The molecule has 2 aliphatic rings. The third-order valence-corrected chi connectivity index (χ3v) is 8.85. The molecule has 0 unspecified atom stereocenters. The van der Waals surface area contributed by atoms with Gasteiger partial charge in [-0.3, -0.25) is 18.2 Å². The van der Waals surface area contributed by atoms with Crippen molar-refractivity contribution in [2.45, 2.75) is 98.1 Å². The van der Waals surface area contributed by atoms with E-state index in [1.165, 1.54) is 6.33 Å². The maximum Gasteiger partial charge on any atom is 0.510 e. The SMILES string of the molecule is CC(C)(C)COC(=O)OCOP(=O)(COC[C@@H]1C[C@@H](O)[C@H](n2cnc3c(NC4CCCC4)nc(Cl)nc32)O1)OCOC(=O)OCC(C)(C)C. The quantitative estimate of drug-likeness (QED) is 0.0933. The number of aromatic nitrogens is 4. The van der Waals surface area contributed by atoms with Gasteiger partial charge in [-0.05, 0) is 35.3 Å². The number of carbonyl (C=O) groups is 2. The van der Waals surface area contributed by atoms with E-state index in [4.69, 9.17) is 49.1 Å². The van der Waals surface area contributed by atoms with Crippen LogP contribution in [-0.4, -0.2) is 94.9 Å². The van der Waals surface area contributed by atoms with Gasteiger partial charge in [0.15, 0.2) is 23.2 Å². The molecule has 2 N–H and O–H groups in total. The third-order valence-electron chi connectivity index (χ3n) is 7.18. The van der Waals surface area contributed by atoms with Gasteiger partial charge < -0.3 is 38.8 Å². The number of nitrogens with one attached hydrogen (secondary N) is 1. The lowest BCUT2D eigenvalue weighted by atomic mass is 9.99. The average Bonchev–Trinajstić information content (AvgIpc) is 3.75. The number of imidazole rings is 1. The van der Waals surface area contributed by atoms with Gasteiger partial charge in [-0.1, -0.05) is 54.4 Å². The number of aliphatic hydroxyl groups excluding tert-OH is 1. The molecule has 1 aliphatic heterocycles. The van der Waals surface area contributed by atoms with E-state index in [-0.39, 0.29) is 48.4 Å². The highest BCUT2D eigenvalue weighted by Gasteiger charge is 2.38. The van der Waals surface area contributed by atoms with E-state index in [0.29, 0.717) is 17.0 Å². The van der Waals surface area contributed by atoms with Gasteiger partial charge in [0.25, 0.3) is 0 Å². The number of hydrogen-bond donors (Lipinski definition) is 2. The average molecular weight is 736 g/mol. The third kappa shape index (κ3) is 12.5. The fraction of sp³-hybridized carbons (Fsp3) is 0.767. The molecule has 17 nitrogen and oxygen atoms in total. The molecule has 0 spiro atoms. The number of hydrogen-bond acceptors (Lipinski definition) is 16. The molecule has 0 amide bonds. The van der Waals surface area contributed by atoms with Crippen LogP contribution in [0.15, 0.2) is 6.33 Å². The van der Waals surface area contributed by atoms with Gasteiger partial charge in [-0.2, -0.15) is 9.97 Å². The molecule has 0 bridgehead atoms. The van der Waals surface area contributed by atoms with Gasteiger partial charge in [-0.15, -0.1) is 0 Å². The number of ether oxygens (including phenoxy) is 6. The lowest BCUT2D eigenvalue weighted by Crippen LogP contribution is -2.21. The normalized spacial score (nSPS) is 20.4. The second-order valence-electron chi connectivity index (χ2n) is 14.3.